The smallest absolute Gasteiger partial charge is 0.255 e. The van der Waals surface area contributed by atoms with E-state index < -0.39 is 11.6 Å². The Bertz CT molecular complexity index is 1400. The summed E-state index contributed by atoms with van der Waals surface area (Å²) in [5, 5.41) is 8.01. The minimum atomic E-state index is -0.752. The van der Waals surface area contributed by atoms with Crippen LogP contribution in [0.15, 0.2) is 48.7 Å². The summed E-state index contributed by atoms with van der Waals surface area (Å²) >= 11 is 0. The Hall–Kier alpha value is -4.01. The summed E-state index contributed by atoms with van der Waals surface area (Å²) in [6.07, 6.45) is 2.06. The average Bonchev–Trinajstić information content (AvgIpc) is 3.14. The van der Waals surface area contributed by atoms with Gasteiger partial charge >= 0.3 is 0 Å². The molecule has 7 nitrogen and oxygen atoms in total. The van der Waals surface area contributed by atoms with E-state index in [9.17, 15) is 13.6 Å². The standard InChI is InChI=1S/C25H23F2N5O2/c1-14-21-22(31(2)3)16(25(33)29-19-11-12-34-20-10-5-4-7-15(19)20)13-28-24(21)32(30-14)23-17(26)8-6-9-18(23)27/h4-10,13,19H,11-12H2,1-3H3,(H,29,33)/t19-/m0/s1. The van der Waals surface area contributed by atoms with Gasteiger partial charge in [0.25, 0.3) is 5.91 Å². The topological polar surface area (TPSA) is 72.3 Å². The minimum Gasteiger partial charge on any atom is -0.493 e. The number of aromatic nitrogens is 3. The fourth-order valence-corrected chi connectivity index (χ4v) is 4.44. The lowest BCUT2D eigenvalue weighted by Crippen LogP contribution is -2.33. The van der Waals surface area contributed by atoms with Gasteiger partial charge in [0.05, 0.1) is 35.0 Å². The van der Waals surface area contributed by atoms with E-state index in [2.05, 4.69) is 15.4 Å². The maximum absolute atomic E-state index is 14.5. The van der Waals surface area contributed by atoms with E-state index in [0.29, 0.717) is 35.4 Å². The zero-order valence-electron chi connectivity index (χ0n) is 19.0. The molecular formula is C25H23F2N5O2. The van der Waals surface area contributed by atoms with Crippen LogP contribution < -0.4 is 15.0 Å². The van der Waals surface area contributed by atoms with Gasteiger partial charge in [-0.3, -0.25) is 4.79 Å². The summed E-state index contributed by atoms with van der Waals surface area (Å²) in [5.74, 6) is -1.05. The normalized spacial score (nSPS) is 15.0. The number of hydrogen-bond acceptors (Lipinski definition) is 5. The van der Waals surface area contributed by atoms with Gasteiger partial charge in [-0.2, -0.15) is 5.10 Å². The Balaban J connectivity index is 1.60. The van der Waals surface area contributed by atoms with Crippen molar-refractivity contribution in [1.29, 1.82) is 0 Å². The van der Waals surface area contributed by atoms with Crippen molar-refractivity contribution in [3.05, 3.63) is 77.1 Å². The highest BCUT2D eigenvalue weighted by molar-refractivity contribution is 6.07. The van der Waals surface area contributed by atoms with Crippen molar-refractivity contribution in [3.63, 3.8) is 0 Å². The second-order valence-electron chi connectivity index (χ2n) is 8.38. The molecule has 0 saturated carbocycles. The van der Waals surface area contributed by atoms with Gasteiger partial charge in [-0.1, -0.05) is 24.3 Å². The maximum Gasteiger partial charge on any atom is 0.255 e. The van der Waals surface area contributed by atoms with E-state index in [1.54, 1.807) is 25.9 Å². The number of rotatable bonds is 4. The van der Waals surface area contributed by atoms with Gasteiger partial charge in [0.1, 0.15) is 11.4 Å². The lowest BCUT2D eigenvalue weighted by Gasteiger charge is -2.27. The van der Waals surface area contributed by atoms with Crippen LogP contribution in [0.2, 0.25) is 0 Å². The van der Waals surface area contributed by atoms with Gasteiger partial charge in [-0.25, -0.2) is 18.4 Å². The molecule has 2 aromatic carbocycles. The minimum absolute atomic E-state index is 0.209. The van der Waals surface area contributed by atoms with Crippen LogP contribution in [0.4, 0.5) is 14.5 Å². The molecule has 0 fully saturated rings. The molecule has 0 bridgehead atoms. The molecule has 3 heterocycles. The Morgan fingerprint density at radius 2 is 1.88 bits per heavy atom. The number of hydrogen-bond donors (Lipinski definition) is 1. The first kappa shape index (κ1) is 21.8. The molecule has 174 valence electrons. The maximum atomic E-state index is 14.5. The first-order valence-electron chi connectivity index (χ1n) is 10.9. The van der Waals surface area contributed by atoms with Crippen molar-refractivity contribution in [2.75, 3.05) is 25.6 Å². The highest BCUT2D eigenvalue weighted by Crippen LogP contribution is 2.35. The summed E-state index contributed by atoms with van der Waals surface area (Å²) in [7, 11) is 3.60. The quantitative estimate of drug-likeness (QED) is 0.488. The molecule has 0 radical (unpaired) electrons. The molecule has 1 aliphatic rings. The highest BCUT2D eigenvalue weighted by Gasteiger charge is 2.27. The monoisotopic (exact) mass is 463 g/mol. The third-order valence-corrected chi connectivity index (χ3v) is 5.95. The van der Waals surface area contributed by atoms with E-state index >= 15 is 0 Å². The predicted molar refractivity (Wildman–Crippen MR) is 125 cm³/mol. The number of amides is 1. The molecule has 1 amide bonds. The summed E-state index contributed by atoms with van der Waals surface area (Å²) in [6.45, 7) is 2.22. The summed E-state index contributed by atoms with van der Waals surface area (Å²) in [4.78, 5) is 19.6. The predicted octanol–water partition coefficient (Wildman–Crippen LogP) is 4.33. The zero-order valence-corrected chi connectivity index (χ0v) is 19.0. The number of benzene rings is 2. The lowest BCUT2D eigenvalue weighted by atomic mass is 10.00. The van der Waals surface area contributed by atoms with Gasteiger partial charge in [0.15, 0.2) is 17.3 Å². The number of nitrogens with one attached hydrogen (secondary N) is 1. The van der Waals surface area contributed by atoms with Crippen LogP contribution in [-0.2, 0) is 0 Å². The number of anilines is 1. The van der Waals surface area contributed by atoms with Crippen molar-refractivity contribution in [3.8, 4) is 11.4 Å². The molecule has 4 aromatic rings. The van der Waals surface area contributed by atoms with E-state index in [1.165, 1.54) is 24.4 Å². The van der Waals surface area contributed by atoms with Crippen molar-refractivity contribution in [2.24, 2.45) is 0 Å². The molecule has 9 heteroatoms. The zero-order chi connectivity index (χ0) is 24.0. The van der Waals surface area contributed by atoms with Gasteiger partial charge in [-0.05, 0) is 25.1 Å². The van der Waals surface area contributed by atoms with Gasteiger partial charge in [-0.15, -0.1) is 0 Å². The van der Waals surface area contributed by atoms with Crippen LogP contribution in [0.3, 0.4) is 0 Å². The molecule has 34 heavy (non-hydrogen) atoms. The number of fused-ring (bicyclic) bond motifs is 2. The fourth-order valence-electron chi connectivity index (χ4n) is 4.44. The SMILES string of the molecule is Cc1nn(-c2c(F)cccc2F)c2ncc(C(=O)N[C@H]3CCOc4ccccc43)c(N(C)C)c12. The van der Waals surface area contributed by atoms with Crippen LogP contribution >= 0.6 is 0 Å². The third-order valence-electron chi connectivity index (χ3n) is 5.95. The van der Waals surface area contributed by atoms with Crippen LogP contribution in [0.25, 0.3) is 16.7 Å². The molecule has 0 saturated heterocycles. The molecule has 0 spiro atoms. The lowest BCUT2D eigenvalue weighted by molar-refractivity contribution is 0.0925. The van der Waals surface area contributed by atoms with Gasteiger partial charge in [0, 0.05) is 32.3 Å². The van der Waals surface area contributed by atoms with Crippen LogP contribution in [0.1, 0.15) is 34.1 Å². The van der Waals surface area contributed by atoms with Gasteiger partial charge in [0.2, 0.25) is 0 Å². The first-order valence-corrected chi connectivity index (χ1v) is 10.9. The number of aryl methyl sites for hydroxylation is 1. The Morgan fingerprint density at radius 1 is 1.15 bits per heavy atom. The molecule has 1 N–H and O–H groups in total. The third kappa shape index (κ3) is 3.53. The fraction of sp³-hybridized carbons (Fsp3) is 0.240. The Labute approximate surface area is 195 Å². The molecule has 2 aromatic heterocycles. The number of nitrogens with zero attached hydrogens (tertiary/aromatic N) is 4. The van der Waals surface area contributed by atoms with Crippen LogP contribution in [0, 0.1) is 18.6 Å². The largest absolute Gasteiger partial charge is 0.493 e. The Kier molecular flexibility index (Phi) is 5.39. The number of halogens is 2. The molecule has 0 unspecified atom stereocenters. The number of ether oxygens (including phenoxy) is 1. The number of pyridine rings is 1. The molecule has 1 atom stereocenters. The number of carbonyl (C=O) groups excluding carboxylic acids is 1. The van der Waals surface area contributed by atoms with Crippen LogP contribution in [-0.4, -0.2) is 41.4 Å². The van der Waals surface area contributed by atoms with E-state index in [4.69, 9.17) is 4.74 Å². The second-order valence-corrected chi connectivity index (χ2v) is 8.38. The average molecular weight is 463 g/mol. The molecule has 0 aliphatic carbocycles. The highest BCUT2D eigenvalue weighted by atomic mass is 19.1. The number of para-hydroxylation sites is 2. The first-order chi connectivity index (χ1) is 16.4. The Morgan fingerprint density at radius 3 is 2.62 bits per heavy atom. The van der Waals surface area contributed by atoms with E-state index in [1.807, 2.05) is 24.3 Å². The number of carbonyl (C=O) groups is 1. The van der Waals surface area contributed by atoms with Gasteiger partial charge < -0.3 is 15.0 Å². The second kappa shape index (κ2) is 8.40. The summed E-state index contributed by atoms with van der Waals surface area (Å²) < 4.78 is 35.9. The van der Waals surface area contributed by atoms with E-state index in [0.717, 1.165) is 16.0 Å². The summed E-state index contributed by atoms with van der Waals surface area (Å²) in [5.41, 5.74) is 2.29. The van der Waals surface area contributed by atoms with Crippen LogP contribution in [0.5, 0.6) is 5.75 Å². The molecule has 5 rings (SSSR count). The van der Waals surface area contributed by atoms with Crippen molar-refractivity contribution >= 4 is 22.6 Å². The molecular weight excluding hydrogens is 440 g/mol. The van der Waals surface area contributed by atoms with Crippen molar-refractivity contribution in [1.82, 2.24) is 20.1 Å². The van der Waals surface area contributed by atoms with E-state index in [-0.39, 0.29) is 23.3 Å². The van der Waals surface area contributed by atoms with Crippen molar-refractivity contribution < 1.29 is 18.3 Å². The molecule has 1 aliphatic heterocycles. The summed E-state index contributed by atoms with van der Waals surface area (Å²) in [6, 6.07) is 11.0. The van der Waals surface area contributed by atoms with Crippen molar-refractivity contribution in [2.45, 2.75) is 19.4 Å².